The van der Waals surface area contributed by atoms with Gasteiger partial charge in [-0.05, 0) is 0 Å². The monoisotopic (exact) mass is 338 g/mol. The molecule has 0 aliphatic carbocycles. The van der Waals surface area contributed by atoms with E-state index in [9.17, 15) is 31.1 Å². The van der Waals surface area contributed by atoms with Crippen molar-refractivity contribution in [2.24, 2.45) is 0 Å². The number of carbonyl (C=O) groups excluding carboxylic acids is 1. The van der Waals surface area contributed by atoms with Crippen LogP contribution in [0.3, 0.4) is 0 Å². The average molecular weight is 338 g/mol. The summed E-state index contributed by atoms with van der Waals surface area (Å²) in [4.78, 5) is 11.9. The Morgan fingerprint density at radius 1 is 1.33 bits per heavy atom. The molecule has 0 aliphatic heterocycles. The van der Waals surface area contributed by atoms with Crippen LogP contribution in [0.25, 0.3) is 0 Å². The zero-order valence-electron chi connectivity index (χ0n) is 10.2. The molecule has 1 atom stereocenters. The van der Waals surface area contributed by atoms with Gasteiger partial charge in [0.1, 0.15) is 0 Å². The second-order valence-corrected chi connectivity index (χ2v) is 4.76. The Kier molecular flexibility index (Phi) is 4.99. The van der Waals surface area contributed by atoms with E-state index in [0.717, 1.165) is 7.05 Å². The van der Waals surface area contributed by atoms with Crippen LogP contribution in [0.4, 0.5) is 36.3 Å². The molecule has 0 bridgehead atoms. The molecule has 2 N–H and O–H groups in total. The van der Waals surface area contributed by atoms with E-state index >= 15 is 0 Å². The number of rotatable bonds is 3. The van der Waals surface area contributed by atoms with Crippen LogP contribution < -0.4 is 5.32 Å². The minimum Gasteiger partial charge on any atom is -0.382 e. The summed E-state index contributed by atoms with van der Waals surface area (Å²) in [5.74, 6) is 0. The summed E-state index contributed by atoms with van der Waals surface area (Å²) in [5.41, 5.74) is 0. The van der Waals surface area contributed by atoms with Crippen molar-refractivity contribution in [2.45, 2.75) is 18.5 Å². The van der Waals surface area contributed by atoms with E-state index in [0.29, 0.717) is 4.90 Å². The third kappa shape index (κ3) is 5.00. The van der Waals surface area contributed by atoms with Crippen molar-refractivity contribution in [1.82, 2.24) is 15.1 Å². The third-order valence-corrected chi connectivity index (χ3v) is 2.94. The minimum atomic E-state index is -4.92. The lowest BCUT2D eigenvalue weighted by atomic mass is 10.3. The second kappa shape index (κ2) is 6.01. The molecule has 21 heavy (non-hydrogen) atoms. The SMILES string of the molecule is CN(CC(O)C(F)(F)F)C(=O)Nc1nnc(C(F)(F)F)s1. The lowest BCUT2D eigenvalue weighted by molar-refractivity contribution is -0.205. The second-order valence-electron chi connectivity index (χ2n) is 3.78. The highest BCUT2D eigenvalue weighted by atomic mass is 32.1. The summed E-state index contributed by atoms with van der Waals surface area (Å²) in [6.07, 6.45) is -12.4. The summed E-state index contributed by atoms with van der Waals surface area (Å²) in [5, 5.41) is 14.6. The van der Waals surface area contributed by atoms with Gasteiger partial charge in [-0.2, -0.15) is 26.3 Å². The molecule has 0 spiro atoms. The van der Waals surface area contributed by atoms with Gasteiger partial charge in [-0.25, -0.2) is 4.79 Å². The third-order valence-electron chi connectivity index (χ3n) is 2.05. The molecular weight excluding hydrogens is 330 g/mol. The molecule has 6 nitrogen and oxygen atoms in total. The maximum atomic E-state index is 12.2. The predicted molar refractivity (Wildman–Crippen MR) is 58.6 cm³/mol. The lowest BCUT2D eigenvalue weighted by Crippen LogP contribution is -2.43. The fourth-order valence-corrected chi connectivity index (χ4v) is 1.62. The molecule has 0 saturated carbocycles. The van der Waals surface area contributed by atoms with Gasteiger partial charge in [0.05, 0.1) is 6.54 Å². The smallest absolute Gasteiger partial charge is 0.382 e. The molecule has 1 aromatic heterocycles. The van der Waals surface area contributed by atoms with E-state index in [1.807, 2.05) is 5.32 Å². The standard InChI is InChI=1S/C8H8F6N4O2S/c1-18(2-3(19)7(9,10)11)6(20)15-5-17-16-4(21-5)8(12,13)14/h3,19H,2H2,1H3,(H,15,17,20). The fraction of sp³-hybridized carbons (Fsp3) is 0.625. The highest BCUT2D eigenvalue weighted by Gasteiger charge is 2.39. The number of halogens is 6. The van der Waals surface area contributed by atoms with E-state index in [2.05, 4.69) is 10.2 Å². The van der Waals surface area contributed by atoms with Crippen molar-refractivity contribution < 1.29 is 36.2 Å². The molecule has 2 amide bonds. The highest BCUT2D eigenvalue weighted by Crippen LogP contribution is 2.33. The van der Waals surface area contributed by atoms with Gasteiger partial charge in [-0.15, -0.1) is 10.2 Å². The Balaban J connectivity index is 2.63. The lowest BCUT2D eigenvalue weighted by Gasteiger charge is -2.22. The van der Waals surface area contributed by atoms with Gasteiger partial charge >= 0.3 is 18.4 Å². The maximum absolute atomic E-state index is 12.2. The predicted octanol–water partition coefficient (Wildman–Crippen LogP) is 1.94. The van der Waals surface area contributed by atoms with Crippen LogP contribution >= 0.6 is 11.3 Å². The van der Waals surface area contributed by atoms with Crippen molar-refractivity contribution >= 4 is 22.5 Å². The van der Waals surface area contributed by atoms with E-state index in [1.165, 1.54) is 0 Å². The first-order chi connectivity index (χ1) is 9.41. The first-order valence-corrected chi connectivity index (χ1v) is 5.90. The summed E-state index contributed by atoms with van der Waals surface area (Å²) in [7, 11) is 0.927. The molecule has 0 saturated heterocycles. The first-order valence-electron chi connectivity index (χ1n) is 5.09. The zero-order chi connectivity index (χ0) is 16.4. The Hall–Kier alpha value is -1.63. The van der Waals surface area contributed by atoms with Gasteiger partial charge in [0.15, 0.2) is 6.10 Å². The van der Waals surface area contributed by atoms with Crippen molar-refractivity contribution in [3.05, 3.63) is 5.01 Å². The van der Waals surface area contributed by atoms with Crippen LogP contribution in [0.2, 0.25) is 0 Å². The number of nitrogens with zero attached hydrogens (tertiary/aromatic N) is 3. The molecule has 120 valence electrons. The quantitative estimate of drug-likeness (QED) is 0.826. The molecule has 1 unspecified atom stereocenters. The topological polar surface area (TPSA) is 78.4 Å². The van der Waals surface area contributed by atoms with Crippen molar-refractivity contribution in [1.29, 1.82) is 0 Å². The number of aliphatic hydroxyl groups is 1. The van der Waals surface area contributed by atoms with Crippen LogP contribution in [-0.2, 0) is 6.18 Å². The zero-order valence-corrected chi connectivity index (χ0v) is 11.0. The van der Waals surface area contributed by atoms with Gasteiger partial charge < -0.3 is 10.0 Å². The Morgan fingerprint density at radius 3 is 2.33 bits per heavy atom. The Labute approximate surface area is 117 Å². The van der Waals surface area contributed by atoms with E-state index < -0.39 is 41.2 Å². The number of aliphatic hydroxyl groups excluding tert-OH is 1. The summed E-state index contributed by atoms with van der Waals surface area (Å²) in [6.45, 7) is -1.08. The molecule has 1 rings (SSSR count). The molecule has 0 aliphatic rings. The van der Waals surface area contributed by atoms with Crippen LogP contribution in [0.1, 0.15) is 5.01 Å². The normalized spacial score (nSPS) is 13.9. The van der Waals surface area contributed by atoms with E-state index in [1.54, 1.807) is 0 Å². The largest absolute Gasteiger partial charge is 0.445 e. The van der Waals surface area contributed by atoms with Crippen molar-refractivity contribution in [3.63, 3.8) is 0 Å². The number of hydrogen-bond acceptors (Lipinski definition) is 5. The molecule has 0 aromatic carbocycles. The van der Waals surface area contributed by atoms with Gasteiger partial charge in [-0.1, -0.05) is 11.3 Å². The van der Waals surface area contributed by atoms with Crippen LogP contribution in [-0.4, -0.2) is 52.1 Å². The van der Waals surface area contributed by atoms with Crippen molar-refractivity contribution in [2.75, 3.05) is 18.9 Å². The maximum Gasteiger partial charge on any atom is 0.445 e. The summed E-state index contributed by atoms with van der Waals surface area (Å²) < 4.78 is 72.9. The van der Waals surface area contributed by atoms with Crippen molar-refractivity contribution in [3.8, 4) is 0 Å². The van der Waals surface area contributed by atoms with Gasteiger partial charge in [0.25, 0.3) is 0 Å². The first kappa shape index (κ1) is 17.4. The molecule has 1 aromatic rings. The van der Waals surface area contributed by atoms with Gasteiger partial charge in [-0.3, -0.25) is 5.32 Å². The van der Waals surface area contributed by atoms with E-state index in [-0.39, 0.29) is 11.3 Å². The number of hydrogen-bond donors (Lipinski definition) is 2. The number of alkyl halides is 6. The van der Waals surface area contributed by atoms with Crippen LogP contribution in [0.5, 0.6) is 0 Å². The number of urea groups is 1. The number of nitrogens with one attached hydrogen (secondary N) is 1. The minimum absolute atomic E-state index is 0.0194. The highest BCUT2D eigenvalue weighted by molar-refractivity contribution is 7.15. The molecular formula is C8H8F6N4O2S. The number of carbonyl (C=O) groups is 1. The van der Waals surface area contributed by atoms with Gasteiger partial charge in [0.2, 0.25) is 10.1 Å². The van der Waals surface area contributed by atoms with Crippen LogP contribution in [0.15, 0.2) is 0 Å². The van der Waals surface area contributed by atoms with Crippen LogP contribution in [0, 0.1) is 0 Å². The number of amides is 2. The Morgan fingerprint density at radius 2 is 1.90 bits per heavy atom. The van der Waals surface area contributed by atoms with E-state index in [4.69, 9.17) is 5.11 Å². The molecule has 0 fully saturated rings. The number of anilines is 1. The molecule has 13 heteroatoms. The summed E-state index contributed by atoms with van der Waals surface area (Å²) >= 11 is 0.0194. The fourth-order valence-electron chi connectivity index (χ4n) is 1.02. The molecule has 0 radical (unpaired) electrons. The molecule has 1 heterocycles. The Bertz CT molecular complexity index is 502. The number of aromatic nitrogens is 2. The average Bonchev–Trinajstić information content (AvgIpc) is 2.75. The summed E-state index contributed by atoms with van der Waals surface area (Å²) in [6, 6.07) is -1.16. The van der Waals surface area contributed by atoms with Gasteiger partial charge in [0, 0.05) is 7.05 Å². The number of likely N-dealkylation sites (N-methyl/N-ethyl adjacent to an activating group) is 1.